The van der Waals surface area contributed by atoms with E-state index in [4.69, 9.17) is 5.11 Å². The molecule has 1 aromatic heterocycles. The number of benzene rings is 1. The van der Waals surface area contributed by atoms with Gasteiger partial charge in [0, 0.05) is 25.8 Å². The summed E-state index contributed by atoms with van der Waals surface area (Å²) < 4.78 is 0. The molecule has 6 heteroatoms. The first-order valence-corrected chi connectivity index (χ1v) is 8.39. The number of aromatic carboxylic acids is 1. The van der Waals surface area contributed by atoms with Crippen LogP contribution < -0.4 is 10.2 Å². The number of nitrogens with one attached hydrogen (secondary N) is 1. The maximum absolute atomic E-state index is 12.5. The number of carbonyl (C=O) groups is 2. The Hall–Kier alpha value is -2.89. The molecule has 1 aromatic carbocycles. The van der Waals surface area contributed by atoms with E-state index in [0.29, 0.717) is 13.1 Å². The number of anilines is 1. The minimum Gasteiger partial charge on any atom is -0.478 e. The number of carboxylic acids is 1. The van der Waals surface area contributed by atoms with E-state index in [1.54, 1.807) is 30.5 Å². The zero-order valence-electron chi connectivity index (χ0n) is 13.9. The number of hydrogen-bond donors (Lipinski definition) is 2. The third-order valence-corrected chi connectivity index (χ3v) is 4.43. The molecule has 2 heterocycles. The van der Waals surface area contributed by atoms with Crippen LogP contribution in [0, 0.1) is 5.92 Å². The summed E-state index contributed by atoms with van der Waals surface area (Å²) in [6.07, 6.45) is 3.59. The van der Waals surface area contributed by atoms with Gasteiger partial charge in [0.05, 0.1) is 11.5 Å². The smallest absolute Gasteiger partial charge is 0.335 e. The fourth-order valence-electron chi connectivity index (χ4n) is 3.04. The molecule has 1 fully saturated rings. The summed E-state index contributed by atoms with van der Waals surface area (Å²) in [5.41, 5.74) is 1.13. The third kappa shape index (κ3) is 4.35. The highest BCUT2D eigenvalue weighted by Crippen LogP contribution is 2.21. The highest BCUT2D eigenvalue weighted by Gasteiger charge is 2.26. The van der Waals surface area contributed by atoms with Crippen molar-refractivity contribution in [3.05, 3.63) is 59.8 Å². The van der Waals surface area contributed by atoms with Gasteiger partial charge >= 0.3 is 5.97 Å². The van der Waals surface area contributed by atoms with Crippen molar-refractivity contribution in [3.8, 4) is 0 Å². The highest BCUT2D eigenvalue weighted by atomic mass is 16.4. The molecule has 0 radical (unpaired) electrons. The predicted octanol–water partition coefficient (Wildman–Crippen LogP) is 2.31. The molecule has 0 aliphatic carbocycles. The Morgan fingerprint density at radius 3 is 2.68 bits per heavy atom. The van der Waals surface area contributed by atoms with Gasteiger partial charge in [-0.05, 0) is 42.7 Å². The molecular weight excluding hydrogens is 318 g/mol. The minimum absolute atomic E-state index is 0.0305. The highest BCUT2D eigenvalue weighted by molar-refractivity contribution is 5.87. The molecule has 1 atom stereocenters. The summed E-state index contributed by atoms with van der Waals surface area (Å²) in [4.78, 5) is 29.8. The summed E-state index contributed by atoms with van der Waals surface area (Å²) in [6, 6.07) is 12.3. The lowest BCUT2D eigenvalue weighted by atomic mass is 9.97. The van der Waals surface area contributed by atoms with Crippen LogP contribution in [0.4, 0.5) is 5.82 Å². The summed E-state index contributed by atoms with van der Waals surface area (Å²) >= 11 is 0. The molecule has 2 N–H and O–H groups in total. The zero-order chi connectivity index (χ0) is 17.6. The second-order valence-electron chi connectivity index (χ2n) is 6.19. The standard InChI is InChI=1S/C19H21N3O3/c23-18(21-12-14-6-8-15(9-7-14)19(24)25)16-4-3-11-22(13-16)17-5-1-2-10-20-17/h1-2,5-10,16H,3-4,11-13H2,(H,21,23)(H,24,25). The SMILES string of the molecule is O=C(O)c1ccc(CNC(=O)C2CCCN(c3ccccn3)C2)cc1. The Morgan fingerprint density at radius 1 is 1.20 bits per heavy atom. The van der Waals surface area contributed by atoms with Crippen molar-refractivity contribution >= 4 is 17.7 Å². The lowest BCUT2D eigenvalue weighted by Gasteiger charge is -2.32. The van der Waals surface area contributed by atoms with Crippen molar-refractivity contribution in [2.75, 3.05) is 18.0 Å². The van der Waals surface area contributed by atoms with Crippen LogP contribution >= 0.6 is 0 Å². The van der Waals surface area contributed by atoms with E-state index in [2.05, 4.69) is 15.2 Å². The summed E-state index contributed by atoms with van der Waals surface area (Å²) in [5.74, 6) is -0.0753. The van der Waals surface area contributed by atoms with Crippen LogP contribution in [0.5, 0.6) is 0 Å². The molecular formula is C19H21N3O3. The Labute approximate surface area is 146 Å². The normalized spacial score (nSPS) is 17.1. The van der Waals surface area contributed by atoms with Crippen molar-refractivity contribution in [1.82, 2.24) is 10.3 Å². The number of carboxylic acid groups (broad SMARTS) is 1. The van der Waals surface area contributed by atoms with Gasteiger partial charge in [0.25, 0.3) is 0 Å². The van der Waals surface area contributed by atoms with Crippen molar-refractivity contribution in [2.45, 2.75) is 19.4 Å². The Bertz CT molecular complexity index is 731. The van der Waals surface area contributed by atoms with Crippen molar-refractivity contribution in [3.63, 3.8) is 0 Å². The molecule has 6 nitrogen and oxygen atoms in total. The van der Waals surface area contributed by atoms with Crippen molar-refractivity contribution in [1.29, 1.82) is 0 Å². The first-order valence-electron chi connectivity index (χ1n) is 8.39. The van der Waals surface area contributed by atoms with Crippen LogP contribution in [-0.4, -0.2) is 35.1 Å². The van der Waals surface area contributed by atoms with E-state index in [0.717, 1.165) is 30.8 Å². The Morgan fingerprint density at radius 2 is 2.00 bits per heavy atom. The zero-order valence-corrected chi connectivity index (χ0v) is 13.9. The molecule has 0 saturated carbocycles. The fourth-order valence-corrected chi connectivity index (χ4v) is 3.04. The van der Waals surface area contributed by atoms with Crippen LogP contribution in [0.2, 0.25) is 0 Å². The first kappa shape index (κ1) is 17.0. The summed E-state index contributed by atoms with van der Waals surface area (Å²) in [5, 5.41) is 11.9. The number of hydrogen-bond acceptors (Lipinski definition) is 4. The van der Waals surface area contributed by atoms with E-state index >= 15 is 0 Å². The number of rotatable bonds is 5. The molecule has 1 aliphatic rings. The first-order chi connectivity index (χ1) is 12.1. The van der Waals surface area contributed by atoms with Gasteiger partial charge < -0.3 is 15.3 Å². The lowest BCUT2D eigenvalue weighted by molar-refractivity contribution is -0.125. The van der Waals surface area contributed by atoms with Crippen molar-refractivity contribution < 1.29 is 14.7 Å². The molecule has 25 heavy (non-hydrogen) atoms. The molecule has 3 rings (SSSR count). The van der Waals surface area contributed by atoms with Crippen LogP contribution in [0.1, 0.15) is 28.8 Å². The largest absolute Gasteiger partial charge is 0.478 e. The molecule has 1 unspecified atom stereocenters. The number of pyridine rings is 1. The maximum Gasteiger partial charge on any atom is 0.335 e. The van der Waals surface area contributed by atoms with Gasteiger partial charge in [-0.2, -0.15) is 0 Å². The van der Waals surface area contributed by atoms with Crippen LogP contribution in [0.3, 0.4) is 0 Å². The Kier molecular flexibility index (Phi) is 5.28. The summed E-state index contributed by atoms with van der Waals surface area (Å²) in [6.45, 7) is 1.98. The number of carbonyl (C=O) groups excluding carboxylic acids is 1. The molecule has 0 spiro atoms. The van der Waals surface area contributed by atoms with Gasteiger partial charge in [0.2, 0.25) is 5.91 Å². The molecule has 1 aliphatic heterocycles. The molecule has 130 valence electrons. The van der Waals surface area contributed by atoms with E-state index < -0.39 is 5.97 Å². The molecule has 1 amide bonds. The molecule has 2 aromatic rings. The van der Waals surface area contributed by atoms with Crippen LogP contribution in [-0.2, 0) is 11.3 Å². The van der Waals surface area contributed by atoms with Gasteiger partial charge in [-0.25, -0.2) is 9.78 Å². The average Bonchev–Trinajstić information content (AvgIpc) is 2.67. The van der Waals surface area contributed by atoms with Gasteiger partial charge in [0.1, 0.15) is 5.82 Å². The van der Waals surface area contributed by atoms with E-state index in [9.17, 15) is 9.59 Å². The summed E-state index contributed by atoms with van der Waals surface area (Å²) in [7, 11) is 0. The second-order valence-corrected chi connectivity index (χ2v) is 6.19. The minimum atomic E-state index is -0.951. The van der Waals surface area contributed by atoms with Gasteiger partial charge in [-0.3, -0.25) is 4.79 Å². The quantitative estimate of drug-likeness (QED) is 0.873. The van der Waals surface area contributed by atoms with E-state index in [1.165, 1.54) is 0 Å². The topological polar surface area (TPSA) is 82.5 Å². The van der Waals surface area contributed by atoms with Crippen LogP contribution in [0.15, 0.2) is 48.7 Å². The van der Waals surface area contributed by atoms with E-state index in [-0.39, 0.29) is 17.4 Å². The third-order valence-electron chi connectivity index (χ3n) is 4.43. The van der Waals surface area contributed by atoms with Gasteiger partial charge in [-0.15, -0.1) is 0 Å². The number of nitrogens with zero attached hydrogens (tertiary/aromatic N) is 2. The average molecular weight is 339 g/mol. The number of amides is 1. The van der Waals surface area contributed by atoms with Gasteiger partial charge in [0.15, 0.2) is 0 Å². The number of piperidine rings is 1. The second kappa shape index (κ2) is 7.79. The predicted molar refractivity (Wildman–Crippen MR) is 94.4 cm³/mol. The van der Waals surface area contributed by atoms with Gasteiger partial charge in [-0.1, -0.05) is 18.2 Å². The molecule has 1 saturated heterocycles. The molecule has 0 bridgehead atoms. The maximum atomic E-state index is 12.5. The lowest BCUT2D eigenvalue weighted by Crippen LogP contribution is -2.43. The number of aromatic nitrogens is 1. The van der Waals surface area contributed by atoms with Crippen molar-refractivity contribution in [2.24, 2.45) is 5.92 Å². The van der Waals surface area contributed by atoms with Crippen LogP contribution in [0.25, 0.3) is 0 Å². The fraction of sp³-hybridized carbons (Fsp3) is 0.316. The van der Waals surface area contributed by atoms with E-state index in [1.807, 2.05) is 18.2 Å². The Balaban J connectivity index is 1.55. The monoisotopic (exact) mass is 339 g/mol.